The van der Waals surface area contributed by atoms with Gasteiger partial charge in [-0.2, -0.15) is 0 Å². The van der Waals surface area contributed by atoms with Gasteiger partial charge in [-0.05, 0) is 12.8 Å². The molecule has 1 unspecified atom stereocenters. The Kier molecular flexibility index (Phi) is 3.59. The Bertz CT molecular complexity index is 361. The van der Waals surface area contributed by atoms with Crippen molar-refractivity contribution in [1.29, 1.82) is 0 Å². The van der Waals surface area contributed by atoms with Crippen molar-refractivity contribution < 1.29 is 14.6 Å². The number of ether oxygens (including phenoxy) is 2. The molecule has 1 heterocycles. The molecule has 5 nitrogen and oxygen atoms in total. The van der Waals surface area contributed by atoms with E-state index in [0.717, 1.165) is 25.7 Å². The van der Waals surface area contributed by atoms with Crippen LogP contribution in [-0.2, 0) is 4.74 Å². The van der Waals surface area contributed by atoms with Crippen LogP contribution in [0.25, 0.3) is 0 Å². The molecule has 94 valence electrons. The van der Waals surface area contributed by atoms with Gasteiger partial charge < -0.3 is 14.6 Å². The van der Waals surface area contributed by atoms with E-state index in [0.29, 0.717) is 11.6 Å². The zero-order valence-electron chi connectivity index (χ0n) is 10.2. The average molecular weight is 238 g/mol. The summed E-state index contributed by atoms with van der Waals surface area (Å²) in [5.41, 5.74) is 0.201. The van der Waals surface area contributed by atoms with Gasteiger partial charge in [-0.3, -0.25) is 0 Å². The highest BCUT2D eigenvalue weighted by molar-refractivity contribution is 5.16. The predicted octanol–water partition coefficient (Wildman–Crippen LogP) is 1.48. The fourth-order valence-corrected chi connectivity index (χ4v) is 2.44. The summed E-state index contributed by atoms with van der Waals surface area (Å²) in [6.45, 7) is 0. The largest absolute Gasteiger partial charge is 0.467 e. The van der Waals surface area contributed by atoms with Gasteiger partial charge in [0.1, 0.15) is 6.10 Å². The maximum absolute atomic E-state index is 10.4. The van der Waals surface area contributed by atoms with E-state index in [1.54, 1.807) is 19.5 Å². The van der Waals surface area contributed by atoms with Crippen LogP contribution < -0.4 is 4.74 Å². The first kappa shape index (κ1) is 12.3. The van der Waals surface area contributed by atoms with Crippen LogP contribution in [0.15, 0.2) is 12.4 Å². The molecule has 5 heteroatoms. The summed E-state index contributed by atoms with van der Waals surface area (Å²) in [5.74, 6) is 0. The molecule has 1 aliphatic rings. The quantitative estimate of drug-likeness (QED) is 0.860. The smallest absolute Gasteiger partial charge is 0.316 e. The molecule has 0 aliphatic heterocycles. The number of methoxy groups -OCH3 is 2. The van der Waals surface area contributed by atoms with Crippen molar-refractivity contribution in [2.45, 2.75) is 37.4 Å². The van der Waals surface area contributed by atoms with Crippen LogP contribution in [0.4, 0.5) is 0 Å². The Morgan fingerprint density at radius 1 is 1.24 bits per heavy atom. The third-order valence-electron chi connectivity index (χ3n) is 3.50. The minimum absolute atomic E-state index is 0.304. The Morgan fingerprint density at radius 3 is 2.29 bits per heavy atom. The summed E-state index contributed by atoms with van der Waals surface area (Å²) >= 11 is 0. The van der Waals surface area contributed by atoms with E-state index in [-0.39, 0.29) is 0 Å². The molecular formula is C12H18N2O3. The maximum Gasteiger partial charge on any atom is 0.316 e. The lowest BCUT2D eigenvalue weighted by molar-refractivity contribution is -0.100. The Labute approximate surface area is 101 Å². The Hall–Kier alpha value is -1.20. The van der Waals surface area contributed by atoms with Gasteiger partial charge in [-0.25, -0.2) is 9.97 Å². The summed E-state index contributed by atoms with van der Waals surface area (Å²) in [6, 6.07) is 0.304. The van der Waals surface area contributed by atoms with Gasteiger partial charge in [0.25, 0.3) is 0 Å². The molecule has 17 heavy (non-hydrogen) atoms. The standard InChI is InChI=1S/C12H18N2O3/c1-16-11-13-7-9(8-14-11)10(15)12(17-2)5-3-4-6-12/h7-8,10,15H,3-6H2,1-2H3. The number of nitrogens with zero attached hydrogens (tertiary/aromatic N) is 2. The van der Waals surface area contributed by atoms with Crippen molar-refractivity contribution in [3.63, 3.8) is 0 Å². The van der Waals surface area contributed by atoms with Crippen molar-refractivity contribution in [3.8, 4) is 6.01 Å². The van der Waals surface area contributed by atoms with E-state index < -0.39 is 11.7 Å². The molecule has 0 amide bonds. The van der Waals surface area contributed by atoms with E-state index in [2.05, 4.69) is 9.97 Å². The second-order valence-electron chi connectivity index (χ2n) is 4.38. The number of aliphatic hydroxyl groups is 1. The zero-order valence-corrected chi connectivity index (χ0v) is 10.2. The molecule has 0 aromatic carbocycles. The van der Waals surface area contributed by atoms with Gasteiger partial charge in [0.2, 0.25) is 0 Å². The lowest BCUT2D eigenvalue weighted by atomic mass is 9.90. The van der Waals surface area contributed by atoms with Gasteiger partial charge in [0, 0.05) is 25.1 Å². The summed E-state index contributed by atoms with van der Waals surface area (Å²) < 4.78 is 10.4. The number of hydrogen-bond donors (Lipinski definition) is 1. The molecule has 0 saturated heterocycles. The van der Waals surface area contributed by atoms with Gasteiger partial charge in [0.05, 0.1) is 12.7 Å². The molecule has 1 fully saturated rings. The lowest BCUT2D eigenvalue weighted by Gasteiger charge is -2.32. The fourth-order valence-electron chi connectivity index (χ4n) is 2.44. The first-order valence-electron chi connectivity index (χ1n) is 5.81. The molecular weight excluding hydrogens is 220 g/mol. The van der Waals surface area contributed by atoms with Gasteiger partial charge in [-0.15, -0.1) is 0 Å². The van der Waals surface area contributed by atoms with Crippen molar-refractivity contribution in [1.82, 2.24) is 9.97 Å². The molecule has 1 atom stereocenters. The maximum atomic E-state index is 10.4. The van der Waals surface area contributed by atoms with Crippen molar-refractivity contribution in [2.24, 2.45) is 0 Å². The molecule has 1 aromatic rings. The first-order valence-corrected chi connectivity index (χ1v) is 5.81. The molecule has 0 bridgehead atoms. The number of aliphatic hydroxyl groups excluding tert-OH is 1. The molecule has 1 N–H and O–H groups in total. The molecule has 1 aromatic heterocycles. The van der Waals surface area contributed by atoms with E-state index in [1.165, 1.54) is 7.11 Å². The van der Waals surface area contributed by atoms with Crippen LogP contribution >= 0.6 is 0 Å². The highest BCUT2D eigenvalue weighted by Gasteiger charge is 2.41. The van der Waals surface area contributed by atoms with E-state index in [4.69, 9.17) is 9.47 Å². The van der Waals surface area contributed by atoms with E-state index >= 15 is 0 Å². The van der Waals surface area contributed by atoms with Crippen LogP contribution in [-0.4, -0.2) is 34.9 Å². The molecule has 0 spiro atoms. The first-order chi connectivity index (χ1) is 8.22. The third kappa shape index (κ3) is 2.25. The molecule has 0 radical (unpaired) electrons. The van der Waals surface area contributed by atoms with E-state index in [9.17, 15) is 5.11 Å². The fraction of sp³-hybridized carbons (Fsp3) is 0.667. The summed E-state index contributed by atoms with van der Waals surface area (Å²) in [4.78, 5) is 8.01. The molecule has 1 saturated carbocycles. The second kappa shape index (κ2) is 4.98. The van der Waals surface area contributed by atoms with Gasteiger partial charge >= 0.3 is 6.01 Å². The van der Waals surface area contributed by atoms with E-state index in [1.807, 2.05) is 0 Å². The zero-order chi connectivity index (χ0) is 12.3. The lowest BCUT2D eigenvalue weighted by Crippen LogP contribution is -2.35. The monoisotopic (exact) mass is 238 g/mol. The van der Waals surface area contributed by atoms with Crippen molar-refractivity contribution in [3.05, 3.63) is 18.0 Å². The predicted molar refractivity (Wildman–Crippen MR) is 61.8 cm³/mol. The van der Waals surface area contributed by atoms with Crippen LogP contribution in [0.2, 0.25) is 0 Å². The summed E-state index contributed by atoms with van der Waals surface area (Å²) in [7, 11) is 3.16. The number of hydrogen-bond acceptors (Lipinski definition) is 5. The number of aromatic nitrogens is 2. The van der Waals surface area contributed by atoms with Crippen molar-refractivity contribution in [2.75, 3.05) is 14.2 Å². The Morgan fingerprint density at radius 2 is 1.82 bits per heavy atom. The summed E-state index contributed by atoms with van der Waals surface area (Å²) in [5, 5.41) is 10.4. The third-order valence-corrected chi connectivity index (χ3v) is 3.50. The van der Waals surface area contributed by atoms with Crippen LogP contribution in [0.1, 0.15) is 37.4 Å². The van der Waals surface area contributed by atoms with Crippen LogP contribution in [0.5, 0.6) is 6.01 Å². The average Bonchev–Trinajstić information content (AvgIpc) is 2.88. The summed E-state index contributed by atoms with van der Waals surface area (Å²) in [6.07, 6.45) is 6.42. The van der Waals surface area contributed by atoms with Gasteiger partial charge in [0.15, 0.2) is 0 Å². The molecule has 2 rings (SSSR count). The Balaban J connectivity index is 2.19. The van der Waals surface area contributed by atoms with Crippen molar-refractivity contribution >= 4 is 0 Å². The highest BCUT2D eigenvalue weighted by Crippen LogP contribution is 2.42. The SMILES string of the molecule is COc1ncc(C(O)C2(OC)CCCC2)cn1. The van der Waals surface area contributed by atoms with Crippen LogP contribution in [0.3, 0.4) is 0 Å². The second-order valence-corrected chi connectivity index (χ2v) is 4.38. The normalized spacial score (nSPS) is 20.2. The topological polar surface area (TPSA) is 64.5 Å². The van der Waals surface area contributed by atoms with Crippen LogP contribution in [0, 0.1) is 0 Å². The number of rotatable bonds is 4. The minimum Gasteiger partial charge on any atom is -0.467 e. The molecule has 1 aliphatic carbocycles. The highest BCUT2D eigenvalue weighted by atomic mass is 16.5. The minimum atomic E-state index is -0.680. The van der Waals surface area contributed by atoms with Gasteiger partial charge in [-0.1, -0.05) is 12.8 Å².